The van der Waals surface area contributed by atoms with Crippen LogP contribution < -0.4 is 5.32 Å². The van der Waals surface area contributed by atoms with Gasteiger partial charge in [-0.2, -0.15) is 0 Å². The van der Waals surface area contributed by atoms with E-state index in [4.69, 9.17) is 9.40 Å². The van der Waals surface area contributed by atoms with Crippen molar-refractivity contribution in [2.24, 2.45) is 0 Å². The molecule has 7 rings (SSSR count). The zero-order valence-corrected chi connectivity index (χ0v) is 28.1. The van der Waals surface area contributed by atoms with Crippen LogP contribution in [0.4, 0.5) is 5.69 Å². The average molecular weight is 660 g/mol. The quantitative estimate of drug-likeness (QED) is 0.211. The molecule has 2 aromatic heterocycles. The van der Waals surface area contributed by atoms with Crippen molar-refractivity contribution >= 4 is 34.4 Å². The van der Waals surface area contributed by atoms with E-state index in [1.807, 2.05) is 97.5 Å². The molecule has 11 heteroatoms. The second-order valence-electron chi connectivity index (χ2n) is 13.3. The molecule has 252 valence electrons. The van der Waals surface area contributed by atoms with E-state index in [0.717, 1.165) is 64.9 Å². The van der Waals surface area contributed by atoms with E-state index in [9.17, 15) is 14.4 Å². The molecule has 2 aliphatic heterocycles. The lowest BCUT2D eigenvalue weighted by Gasteiger charge is -2.25. The Morgan fingerprint density at radius 1 is 0.939 bits per heavy atom. The third kappa shape index (κ3) is 6.84. The fraction of sp³-hybridized carbons (Fsp3) is 0.342. The largest absolute Gasteiger partial charge is 0.436 e. The third-order valence-electron chi connectivity index (χ3n) is 9.45. The molecule has 0 unspecified atom stereocenters. The van der Waals surface area contributed by atoms with Crippen molar-refractivity contribution in [2.75, 3.05) is 39.0 Å². The van der Waals surface area contributed by atoms with Crippen molar-refractivity contribution in [2.45, 2.75) is 51.1 Å². The number of nitrogens with one attached hydrogen (secondary N) is 2. The van der Waals surface area contributed by atoms with Gasteiger partial charge in [0, 0.05) is 29.9 Å². The highest BCUT2D eigenvalue weighted by molar-refractivity contribution is 5.98. The Hall–Kier alpha value is -5.29. The number of likely N-dealkylation sites (tertiary alicyclic amines) is 2. The number of anilines is 1. The summed E-state index contributed by atoms with van der Waals surface area (Å²) < 4.78 is 6.23. The van der Waals surface area contributed by atoms with Crippen LogP contribution in [-0.2, 0) is 20.8 Å². The number of amides is 3. The molecule has 2 aliphatic rings. The van der Waals surface area contributed by atoms with Gasteiger partial charge in [0.05, 0.1) is 36.2 Å². The normalized spacial score (nSPS) is 17.7. The van der Waals surface area contributed by atoms with Crippen LogP contribution in [0.2, 0.25) is 0 Å². The maximum Gasteiger partial charge on any atom is 0.247 e. The molecule has 0 spiro atoms. The lowest BCUT2D eigenvalue weighted by molar-refractivity contribution is -0.137. The van der Waals surface area contributed by atoms with Gasteiger partial charge in [-0.15, -0.1) is 0 Å². The number of imidazole rings is 1. The van der Waals surface area contributed by atoms with Gasteiger partial charge >= 0.3 is 0 Å². The molecule has 3 amide bonds. The van der Waals surface area contributed by atoms with Crippen molar-refractivity contribution in [1.82, 2.24) is 29.7 Å². The number of fused-ring (bicyclic) bond motifs is 1. The van der Waals surface area contributed by atoms with Crippen LogP contribution in [0.3, 0.4) is 0 Å². The molecule has 0 radical (unpaired) electrons. The molecule has 0 bridgehead atoms. The van der Waals surface area contributed by atoms with Crippen molar-refractivity contribution in [3.63, 3.8) is 0 Å². The minimum absolute atomic E-state index is 0.0422. The molecule has 5 aromatic rings. The Balaban J connectivity index is 1.06. The van der Waals surface area contributed by atoms with Crippen LogP contribution in [0.15, 0.2) is 77.3 Å². The average Bonchev–Trinajstić information content (AvgIpc) is 3.91. The zero-order valence-electron chi connectivity index (χ0n) is 28.1. The number of aryl methyl sites for hydroxylation is 1. The number of benzene rings is 3. The number of carbonyl (C=O) groups excluding carboxylic acids is 3. The summed E-state index contributed by atoms with van der Waals surface area (Å²) in [6, 6.07) is 20.9. The molecular weight excluding hydrogens is 618 g/mol. The van der Waals surface area contributed by atoms with E-state index in [1.165, 1.54) is 0 Å². The lowest BCUT2D eigenvalue weighted by Crippen LogP contribution is -2.46. The van der Waals surface area contributed by atoms with E-state index in [-0.39, 0.29) is 30.3 Å². The molecule has 11 nitrogen and oxygen atoms in total. The first-order valence-electron chi connectivity index (χ1n) is 16.9. The molecule has 3 aromatic carbocycles. The van der Waals surface area contributed by atoms with E-state index in [0.29, 0.717) is 36.7 Å². The fourth-order valence-electron chi connectivity index (χ4n) is 6.91. The maximum atomic E-state index is 13.3. The van der Waals surface area contributed by atoms with Gasteiger partial charge in [0.2, 0.25) is 23.6 Å². The topological polar surface area (TPSA) is 128 Å². The van der Waals surface area contributed by atoms with E-state index >= 15 is 0 Å². The van der Waals surface area contributed by atoms with Crippen molar-refractivity contribution < 1.29 is 18.8 Å². The Labute approximate surface area is 285 Å². The molecule has 2 fully saturated rings. The van der Waals surface area contributed by atoms with Crippen molar-refractivity contribution in [3.8, 4) is 22.8 Å². The highest BCUT2D eigenvalue weighted by Gasteiger charge is 2.35. The Bertz CT molecular complexity index is 2000. The SMILES string of the molecule is Cc1ccc(-c2ncc(-c3ccc4nc([C@@H]5CCCN5C(=O)Cc5ccccc5)[nH]c4c3)o2)cc1NC(=O)[C@@H]1CCCN1C(=O)CN(C)C. The summed E-state index contributed by atoms with van der Waals surface area (Å²) in [5.41, 5.74) is 5.82. The zero-order chi connectivity index (χ0) is 34.1. The van der Waals surface area contributed by atoms with E-state index in [2.05, 4.69) is 15.3 Å². The smallest absolute Gasteiger partial charge is 0.247 e. The van der Waals surface area contributed by atoms with Gasteiger partial charge < -0.3 is 29.4 Å². The molecule has 2 saturated heterocycles. The van der Waals surface area contributed by atoms with Gasteiger partial charge in [-0.05, 0) is 88.2 Å². The summed E-state index contributed by atoms with van der Waals surface area (Å²) in [4.78, 5) is 57.6. The first-order chi connectivity index (χ1) is 23.7. The number of likely N-dealkylation sites (N-methyl/N-ethyl adjacent to an activating group) is 1. The van der Waals surface area contributed by atoms with Crippen LogP contribution in [0.1, 0.15) is 48.7 Å². The number of nitrogens with zero attached hydrogens (tertiary/aromatic N) is 5. The Kier molecular flexibility index (Phi) is 9.01. The molecule has 0 aliphatic carbocycles. The first-order valence-corrected chi connectivity index (χ1v) is 16.9. The van der Waals surface area contributed by atoms with Crippen molar-refractivity contribution in [1.29, 1.82) is 0 Å². The fourth-order valence-corrected chi connectivity index (χ4v) is 6.91. The van der Waals surface area contributed by atoms with Gasteiger partial charge in [0.15, 0.2) is 5.76 Å². The van der Waals surface area contributed by atoms with Gasteiger partial charge in [0.25, 0.3) is 0 Å². The molecule has 0 saturated carbocycles. The number of rotatable bonds is 9. The third-order valence-corrected chi connectivity index (χ3v) is 9.45. The molecule has 4 heterocycles. The summed E-state index contributed by atoms with van der Waals surface area (Å²) in [5, 5.41) is 3.05. The molecule has 49 heavy (non-hydrogen) atoms. The predicted octanol–water partition coefficient (Wildman–Crippen LogP) is 5.59. The summed E-state index contributed by atoms with van der Waals surface area (Å²) in [7, 11) is 3.69. The summed E-state index contributed by atoms with van der Waals surface area (Å²) in [5.74, 6) is 1.70. The van der Waals surface area contributed by atoms with Gasteiger partial charge in [0.1, 0.15) is 11.9 Å². The minimum atomic E-state index is -0.492. The van der Waals surface area contributed by atoms with Gasteiger partial charge in [-0.25, -0.2) is 9.97 Å². The van der Waals surface area contributed by atoms with Crippen LogP contribution in [-0.4, -0.2) is 87.1 Å². The number of hydrogen-bond acceptors (Lipinski definition) is 7. The lowest BCUT2D eigenvalue weighted by atomic mass is 10.1. The van der Waals surface area contributed by atoms with Gasteiger partial charge in [-0.3, -0.25) is 14.4 Å². The van der Waals surface area contributed by atoms with Crippen molar-refractivity contribution in [3.05, 3.63) is 89.9 Å². The monoisotopic (exact) mass is 659 g/mol. The second-order valence-corrected chi connectivity index (χ2v) is 13.3. The number of hydrogen-bond donors (Lipinski definition) is 2. The van der Waals surface area contributed by atoms with Gasteiger partial charge in [-0.1, -0.05) is 36.4 Å². The molecule has 2 atom stereocenters. The van der Waals surface area contributed by atoms with Crippen LogP contribution in [0.5, 0.6) is 0 Å². The summed E-state index contributed by atoms with van der Waals surface area (Å²) in [6.07, 6.45) is 5.31. The highest BCUT2D eigenvalue weighted by atomic mass is 16.4. The first kappa shape index (κ1) is 32.3. The number of oxazole rings is 1. The standard InChI is InChI=1S/C38H41N7O4/c1-24-13-14-27(21-29(24)42-37(48)32-12-8-18-45(32)35(47)23-43(2)3)38-39-22-33(49-38)26-15-16-28-30(20-26)41-36(40-28)31-11-7-17-44(31)34(46)19-25-9-5-4-6-10-25/h4-6,9-10,13-16,20-22,31-32H,7-8,11-12,17-19,23H2,1-3H3,(H,40,41)(H,42,48)/t31-,32-/m0/s1. The van der Waals surface area contributed by atoms with Crippen LogP contribution >= 0.6 is 0 Å². The number of carbonyl (C=O) groups is 3. The summed E-state index contributed by atoms with van der Waals surface area (Å²) in [6.45, 7) is 3.51. The number of aromatic nitrogens is 3. The number of H-pyrrole nitrogens is 1. The minimum Gasteiger partial charge on any atom is -0.436 e. The van der Waals surface area contributed by atoms with Crippen LogP contribution in [0, 0.1) is 6.92 Å². The Morgan fingerprint density at radius 3 is 2.53 bits per heavy atom. The van der Waals surface area contributed by atoms with E-state index < -0.39 is 6.04 Å². The van der Waals surface area contributed by atoms with E-state index in [1.54, 1.807) is 11.1 Å². The predicted molar refractivity (Wildman–Crippen MR) is 188 cm³/mol. The number of aromatic amines is 1. The highest BCUT2D eigenvalue weighted by Crippen LogP contribution is 2.34. The maximum absolute atomic E-state index is 13.3. The second kappa shape index (κ2) is 13.7. The molecular formula is C38H41N7O4. The Morgan fingerprint density at radius 2 is 1.71 bits per heavy atom. The van der Waals surface area contributed by atoms with Crippen LogP contribution in [0.25, 0.3) is 33.8 Å². The molecule has 2 N–H and O–H groups in total. The summed E-state index contributed by atoms with van der Waals surface area (Å²) >= 11 is 0.